The Bertz CT molecular complexity index is 190. The summed E-state index contributed by atoms with van der Waals surface area (Å²) in [5.74, 6) is 0. The molecule has 10 heavy (non-hydrogen) atoms. The third kappa shape index (κ3) is 0.416. The molecule has 0 radical (unpaired) electrons. The number of rotatable bonds is 0. The molecular formula is C10H12. The third-order valence-corrected chi connectivity index (χ3v) is 3.16. The van der Waals surface area contributed by atoms with Crippen LogP contribution in [-0.2, 0) is 0 Å². The molecule has 0 amide bonds. The van der Waals surface area contributed by atoms with E-state index >= 15 is 0 Å². The van der Waals surface area contributed by atoms with Crippen LogP contribution in [0.2, 0.25) is 0 Å². The van der Waals surface area contributed by atoms with E-state index in [1.165, 1.54) is 38.5 Å². The van der Waals surface area contributed by atoms with Gasteiger partial charge >= 0.3 is 0 Å². The van der Waals surface area contributed by atoms with Crippen LogP contribution in [0, 0.1) is 0 Å². The number of hydrogen-bond acceptors (Lipinski definition) is 0. The first-order valence-electron chi connectivity index (χ1n) is 4.41. The first-order chi connectivity index (χ1) is 4.97. The van der Waals surface area contributed by atoms with Crippen molar-refractivity contribution in [2.45, 2.75) is 38.5 Å². The van der Waals surface area contributed by atoms with Crippen molar-refractivity contribution in [3.8, 4) is 0 Å². The first kappa shape index (κ1) is 5.17. The highest BCUT2D eigenvalue weighted by Crippen LogP contribution is 2.52. The average molecular weight is 132 g/mol. The van der Waals surface area contributed by atoms with Crippen molar-refractivity contribution in [2.75, 3.05) is 0 Å². The standard InChI is InChI=1S/C10H12/c1-3-7-8(4-1)10-6-2-5-9(7)10/h1-6H2. The maximum atomic E-state index is 1.78. The quantitative estimate of drug-likeness (QED) is 0.475. The fraction of sp³-hybridized carbons (Fsp3) is 0.600. The van der Waals surface area contributed by atoms with Gasteiger partial charge in [0.2, 0.25) is 0 Å². The molecular weight excluding hydrogens is 120 g/mol. The molecule has 0 unspecified atom stereocenters. The van der Waals surface area contributed by atoms with Crippen molar-refractivity contribution in [1.82, 2.24) is 0 Å². The van der Waals surface area contributed by atoms with Gasteiger partial charge in [-0.05, 0) is 60.8 Å². The van der Waals surface area contributed by atoms with Gasteiger partial charge in [-0.15, -0.1) is 0 Å². The molecule has 2 saturated carbocycles. The van der Waals surface area contributed by atoms with E-state index in [4.69, 9.17) is 0 Å². The van der Waals surface area contributed by atoms with E-state index in [-0.39, 0.29) is 0 Å². The molecule has 2 fully saturated rings. The van der Waals surface area contributed by atoms with Crippen molar-refractivity contribution in [3.63, 3.8) is 0 Å². The Morgan fingerprint density at radius 1 is 0.500 bits per heavy atom. The van der Waals surface area contributed by atoms with Crippen molar-refractivity contribution in [2.24, 2.45) is 0 Å². The lowest BCUT2D eigenvalue weighted by Gasteiger charge is -2.21. The van der Waals surface area contributed by atoms with Crippen molar-refractivity contribution < 1.29 is 0 Å². The number of fused-ring (bicyclic) bond motifs is 2. The number of hydrogen-bond donors (Lipinski definition) is 0. The van der Waals surface area contributed by atoms with Crippen molar-refractivity contribution in [1.29, 1.82) is 0 Å². The summed E-state index contributed by atoms with van der Waals surface area (Å²) in [6.45, 7) is 0. The van der Waals surface area contributed by atoms with Crippen LogP contribution in [0.5, 0.6) is 0 Å². The molecule has 0 aromatic carbocycles. The van der Waals surface area contributed by atoms with Gasteiger partial charge in [-0.25, -0.2) is 0 Å². The Morgan fingerprint density at radius 2 is 0.800 bits per heavy atom. The molecule has 0 heteroatoms. The van der Waals surface area contributed by atoms with Crippen LogP contribution in [-0.4, -0.2) is 0 Å². The molecule has 3 aliphatic carbocycles. The molecule has 0 N–H and O–H groups in total. The van der Waals surface area contributed by atoms with E-state index in [2.05, 4.69) is 0 Å². The Balaban J connectivity index is 2.11. The van der Waals surface area contributed by atoms with Gasteiger partial charge in [0.15, 0.2) is 0 Å². The number of allylic oxidation sites excluding steroid dienone is 4. The highest BCUT2D eigenvalue weighted by molar-refractivity contribution is 5.63. The lowest BCUT2D eigenvalue weighted by molar-refractivity contribution is 0.907. The van der Waals surface area contributed by atoms with E-state index in [9.17, 15) is 0 Å². The van der Waals surface area contributed by atoms with E-state index in [0.29, 0.717) is 0 Å². The Morgan fingerprint density at radius 3 is 1.10 bits per heavy atom. The van der Waals surface area contributed by atoms with Crippen LogP contribution in [0.4, 0.5) is 0 Å². The second-order valence-corrected chi connectivity index (χ2v) is 3.62. The Kier molecular flexibility index (Phi) is 0.803. The summed E-state index contributed by atoms with van der Waals surface area (Å²) >= 11 is 0. The minimum Gasteiger partial charge on any atom is -0.0451 e. The molecule has 0 aromatic rings. The van der Waals surface area contributed by atoms with E-state index in [1.54, 1.807) is 22.3 Å². The summed E-state index contributed by atoms with van der Waals surface area (Å²) in [6.07, 6.45) is 8.53. The molecule has 0 spiro atoms. The summed E-state index contributed by atoms with van der Waals surface area (Å²) < 4.78 is 0. The minimum atomic E-state index is 1.41. The Labute approximate surface area is 61.6 Å². The molecule has 0 aliphatic heterocycles. The van der Waals surface area contributed by atoms with E-state index in [0.717, 1.165) is 0 Å². The third-order valence-electron chi connectivity index (χ3n) is 3.16. The summed E-state index contributed by atoms with van der Waals surface area (Å²) in [5.41, 5.74) is 7.14. The smallest absolute Gasteiger partial charge is 0.0270 e. The van der Waals surface area contributed by atoms with Gasteiger partial charge in [0, 0.05) is 0 Å². The van der Waals surface area contributed by atoms with Gasteiger partial charge < -0.3 is 0 Å². The predicted octanol–water partition coefficient (Wildman–Crippen LogP) is 2.96. The maximum Gasteiger partial charge on any atom is -0.0270 e. The molecule has 3 aliphatic rings. The first-order valence-corrected chi connectivity index (χ1v) is 4.41. The SMILES string of the molecule is C1CC2=C3CCCC3=C2C1. The van der Waals surface area contributed by atoms with Crippen LogP contribution >= 0.6 is 0 Å². The molecule has 0 saturated heterocycles. The van der Waals surface area contributed by atoms with Crippen LogP contribution in [0.15, 0.2) is 22.3 Å². The van der Waals surface area contributed by atoms with Gasteiger partial charge in [-0.3, -0.25) is 0 Å². The van der Waals surface area contributed by atoms with Crippen LogP contribution in [0.25, 0.3) is 0 Å². The maximum absolute atomic E-state index is 1.78. The zero-order valence-electron chi connectivity index (χ0n) is 6.24. The van der Waals surface area contributed by atoms with Gasteiger partial charge in [0.05, 0.1) is 0 Å². The lowest BCUT2D eigenvalue weighted by atomic mass is 9.84. The van der Waals surface area contributed by atoms with Gasteiger partial charge in [0.1, 0.15) is 0 Å². The normalized spacial score (nSPS) is 28.8. The van der Waals surface area contributed by atoms with E-state index in [1.807, 2.05) is 0 Å². The van der Waals surface area contributed by atoms with Crippen molar-refractivity contribution in [3.05, 3.63) is 22.3 Å². The van der Waals surface area contributed by atoms with Gasteiger partial charge in [-0.1, -0.05) is 0 Å². The van der Waals surface area contributed by atoms with E-state index < -0.39 is 0 Å². The summed E-state index contributed by atoms with van der Waals surface area (Å²) in [4.78, 5) is 0. The van der Waals surface area contributed by atoms with Gasteiger partial charge in [0.25, 0.3) is 0 Å². The summed E-state index contributed by atoms with van der Waals surface area (Å²) in [5, 5.41) is 0. The fourth-order valence-electron chi connectivity index (χ4n) is 2.76. The molecule has 0 aromatic heterocycles. The minimum absolute atomic E-state index is 1.41. The van der Waals surface area contributed by atoms with Gasteiger partial charge in [-0.2, -0.15) is 0 Å². The largest absolute Gasteiger partial charge is 0.0451 e. The zero-order chi connectivity index (χ0) is 6.55. The fourth-order valence-corrected chi connectivity index (χ4v) is 2.76. The monoisotopic (exact) mass is 132 g/mol. The highest BCUT2D eigenvalue weighted by atomic mass is 14.4. The summed E-state index contributed by atoms with van der Waals surface area (Å²) in [6, 6.07) is 0. The van der Waals surface area contributed by atoms with Crippen molar-refractivity contribution >= 4 is 0 Å². The molecule has 0 nitrogen and oxygen atoms in total. The topological polar surface area (TPSA) is 0 Å². The molecule has 0 atom stereocenters. The zero-order valence-corrected chi connectivity index (χ0v) is 6.24. The summed E-state index contributed by atoms with van der Waals surface area (Å²) in [7, 11) is 0. The molecule has 3 rings (SSSR count). The molecule has 52 valence electrons. The van der Waals surface area contributed by atoms with Crippen LogP contribution in [0.3, 0.4) is 0 Å². The van der Waals surface area contributed by atoms with Crippen LogP contribution < -0.4 is 0 Å². The van der Waals surface area contributed by atoms with Crippen LogP contribution in [0.1, 0.15) is 38.5 Å². The predicted molar refractivity (Wildman–Crippen MR) is 41.8 cm³/mol. The Hall–Kier alpha value is -0.520. The average Bonchev–Trinajstić information content (AvgIpc) is 2.42. The lowest BCUT2D eigenvalue weighted by Crippen LogP contribution is -2.01. The molecule has 0 bridgehead atoms. The molecule has 0 heterocycles. The second-order valence-electron chi connectivity index (χ2n) is 3.62. The second kappa shape index (κ2) is 1.55. The highest BCUT2D eigenvalue weighted by Gasteiger charge is 2.33.